The van der Waals surface area contributed by atoms with Crippen LogP contribution in [0.3, 0.4) is 0 Å². The molecule has 0 saturated carbocycles. The summed E-state index contributed by atoms with van der Waals surface area (Å²) in [5.74, 6) is 0. The number of ether oxygens (including phenoxy) is 2. The highest BCUT2D eigenvalue weighted by Gasteiger charge is 2.40. The van der Waals surface area contributed by atoms with Crippen molar-refractivity contribution in [2.75, 3.05) is 14.1 Å². The summed E-state index contributed by atoms with van der Waals surface area (Å²) in [6, 6.07) is 14.7. The summed E-state index contributed by atoms with van der Waals surface area (Å²) in [6.07, 6.45) is 4.50. The summed E-state index contributed by atoms with van der Waals surface area (Å²) in [5, 5.41) is 12.9. The Labute approximate surface area is 310 Å². The van der Waals surface area contributed by atoms with Crippen molar-refractivity contribution < 1.29 is 40.9 Å². The summed E-state index contributed by atoms with van der Waals surface area (Å²) in [6.45, 7) is 0.0866. The van der Waals surface area contributed by atoms with Gasteiger partial charge in [0.15, 0.2) is 0 Å². The highest BCUT2D eigenvalue weighted by Crippen LogP contribution is 2.38. The third-order valence-electron chi connectivity index (χ3n) is 12.2. The van der Waals surface area contributed by atoms with Crippen LogP contribution in [0, 0.1) is 0 Å². The molecule has 6 aliphatic heterocycles. The van der Waals surface area contributed by atoms with Gasteiger partial charge in [0.05, 0.1) is 42.7 Å². The van der Waals surface area contributed by atoms with Crippen molar-refractivity contribution >= 4 is 12.4 Å². The first-order valence-corrected chi connectivity index (χ1v) is 18.7. The van der Waals surface area contributed by atoms with E-state index in [0.29, 0.717) is 36.3 Å². The Bertz CT molecular complexity index is 1390. The Morgan fingerprint density at radius 1 is 0.596 bits per heavy atom. The standard InChI is InChI=1S/C16H20F3NO.C15H18F3NO.C8H15NO.ClH/c1-20-12-6-7-13(20)9-14(8-12)21-10-11-4-2-3-5-15(11)16(17,18)19;16-15(17,18)14-4-2-1-3-10(14)9-20-13-7-11-5-6-12(8-13)19-11;1-9-6-2-3-7(9)5-8(10)4-6;/h2-5,12-14H,6-10H2,1H3;1-4,11-13,19H,5-9H2;6-8,10H,2-5H2,1H3;1H. The van der Waals surface area contributed by atoms with Crippen LogP contribution in [0.5, 0.6) is 0 Å². The van der Waals surface area contributed by atoms with Gasteiger partial charge >= 0.3 is 12.4 Å². The first-order chi connectivity index (χ1) is 24.2. The smallest absolute Gasteiger partial charge is 0.393 e. The first kappa shape index (κ1) is 41.2. The highest BCUT2D eigenvalue weighted by molar-refractivity contribution is 5.85. The molecule has 0 radical (unpaired) electrons. The zero-order valence-electron chi connectivity index (χ0n) is 30.0. The number of nitrogens with zero attached hydrogens (tertiary/aromatic N) is 2. The van der Waals surface area contributed by atoms with Gasteiger partial charge in [-0.25, -0.2) is 0 Å². The molecule has 52 heavy (non-hydrogen) atoms. The number of hydrogen-bond acceptors (Lipinski definition) is 6. The summed E-state index contributed by atoms with van der Waals surface area (Å²) in [5.41, 5.74) is -0.708. The number of hydrogen-bond donors (Lipinski definition) is 2. The number of aliphatic hydroxyl groups is 1. The summed E-state index contributed by atoms with van der Waals surface area (Å²) in [4.78, 5) is 4.83. The second-order valence-corrected chi connectivity index (χ2v) is 15.5. The van der Waals surface area contributed by atoms with E-state index in [4.69, 9.17) is 9.47 Å². The molecule has 6 saturated heterocycles. The van der Waals surface area contributed by atoms with Gasteiger partial charge in [-0.1, -0.05) is 36.4 Å². The third-order valence-corrected chi connectivity index (χ3v) is 12.2. The van der Waals surface area contributed by atoms with Crippen LogP contribution in [-0.4, -0.2) is 83.6 Å². The molecule has 0 amide bonds. The van der Waals surface area contributed by atoms with Gasteiger partial charge in [-0.15, -0.1) is 12.4 Å². The van der Waals surface area contributed by atoms with Crippen molar-refractivity contribution in [2.24, 2.45) is 0 Å². The molecule has 6 unspecified atom stereocenters. The van der Waals surface area contributed by atoms with Crippen LogP contribution in [0.1, 0.15) is 99.3 Å². The van der Waals surface area contributed by atoms with Gasteiger partial charge in [0, 0.05) is 36.3 Å². The largest absolute Gasteiger partial charge is 0.416 e. The monoisotopic (exact) mass is 761 g/mol. The van der Waals surface area contributed by atoms with E-state index in [1.165, 1.54) is 49.9 Å². The number of alkyl halides is 6. The van der Waals surface area contributed by atoms with E-state index in [-0.39, 0.29) is 55.1 Å². The second-order valence-electron chi connectivity index (χ2n) is 15.5. The molecule has 0 aliphatic carbocycles. The maximum absolute atomic E-state index is 12.9. The fourth-order valence-corrected chi connectivity index (χ4v) is 9.28. The van der Waals surface area contributed by atoms with Gasteiger partial charge in [0.2, 0.25) is 0 Å². The van der Waals surface area contributed by atoms with E-state index >= 15 is 0 Å². The van der Waals surface area contributed by atoms with Crippen LogP contribution in [-0.2, 0) is 35.0 Å². The molecule has 6 bridgehead atoms. The first-order valence-electron chi connectivity index (χ1n) is 18.7. The van der Waals surface area contributed by atoms with Crippen LogP contribution >= 0.6 is 12.4 Å². The average molecular weight is 762 g/mol. The normalized spacial score (nSPS) is 32.7. The highest BCUT2D eigenvalue weighted by atomic mass is 35.5. The average Bonchev–Trinajstić information content (AvgIpc) is 3.59. The molecule has 0 spiro atoms. The van der Waals surface area contributed by atoms with Crippen LogP contribution in [0.2, 0.25) is 0 Å². The molecule has 2 N–H and O–H groups in total. The molecule has 6 heterocycles. The molecule has 6 nitrogen and oxygen atoms in total. The quantitative estimate of drug-likeness (QED) is 0.289. The molecule has 8 rings (SSSR count). The molecular formula is C39H54ClF6N3O3. The summed E-state index contributed by atoms with van der Waals surface area (Å²) in [7, 11) is 4.33. The van der Waals surface area contributed by atoms with Crippen LogP contribution in [0.4, 0.5) is 26.3 Å². The van der Waals surface area contributed by atoms with E-state index in [0.717, 1.165) is 63.5 Å². The zero-order valence-corrected chi connectivity index (χ0v) is 30.9. The van der Waals surface area contributed by atoms with Crippen molar-refractivity contribution in [3.05, 3.63) is 70.8 Å². The van der Waals surface area contributed by atoms with Crippen molar-refractivity contribution in [1.82, 2.24) is 15.1 Å². The number of fused-ring (bicyclic) bond motifs is 6. The van der Waals surface area contributed by atoms with Gasteiger partial charge in [0.1, 0.15) is 0 Å². The lowest BCUT2D eigenvalue weighted by Crippen LogP contribution is -2.42. The second kappa shape index (κ2) is 17.7. The lowest BCUT2D eigenvalue weighted by atomic mass is 10.0. The number of piperidine rings is 3. The Morgan fingerprint density at radius 2 is 0.962 bits per heavy atom. The van der Waals surface area contributed by atoms with Gasteiger partial charge in [-0.2, -0.15) is 26.3 Å². The maximum atomic E-state index is 12.9. The lowest BCUT2D eigenvalue weighted by molar-refractivity contribution is -0.140. The zero-order chi connectivity index (χ0) is 36.3. The maximum Gasteiger partial charge on any atom is 0.416 e. The molecule has 6 atom stereocenters. The predicted octanol–water partition coefficient (Wildman–Crippen LogP) is 8.38. The predicted molar refractivity (Wildman–Crippen MR) is 190 cm³/mol. The molecular weight excluding hydrogens is 708 g/mol. The van der Waals surface area contributed by atoms with Crippen LogP contribution in [0.15, 0.2) is 48.5 Å². The van der Waals surface area contributed by atoms with E-state index in [9.17, 15) is 31.4 Å². The lowest BCUT2D eigenvalue weighted by Gasteiger charge is -2.36. The van der Waals surface area contributed by atoms with Gasteiger partial charge in [-0.05, 0) is 114 Å². The van der Waals surface area contributed by atoms with Crippen molar-refractivity contribution in [3.63, 3.8) is 0 Å². The number of benzene rings is 2. The number of aliphatic hydroxyl groups excluding tert-OH is 1. The molecule has 0 aromatic heterocycles. The Morgan fingerprint density at radius 3 is 1.37 bits per heavy atom. The molecule has 6 aliphatic rings. The minimum atomic E-state index is -4.31. The van der Waals surface area contributed by atoms with Crippen molar-refractivity contribution in [3.8, 4) is 0 Å². The van der Waals surface area contributed by atoms with Gasteiger partial charge in [-0.3, -0.25) is 0 Å². The molecule has 13 heteroatoms. The van der Waals surface area contributed by atoms with Gasteiger partial charge in [0.25, 0.3) is 0 Å². The Hall–Kier alpha value is -1.93. The minimum absolute atomic E-state index is 0. The van der Waals surface area contributed by atoms with Crippen LogP contribution in [0.25, 0.3) is 0 Å². The molecule has 2 aromatic rings. The van der Waals surface area contributed by atoms with E-state index in [1.807, 2.05) is 0 Å². The van der Waals surface area contributed by atoms with E-state index < -0.39 is 23.5 Å². The van der Waals surface area contributed by atoms with Crippen molar-refractivity contribution in [2.45, 2.75) is 157 Å². The summed E-state index contributed by atoms with van der Waals surface area (Å²) >= 11 is 0. The SMILES string of the molecule is CN1C2CCC1CC(O)C2.CN1C2CCC1CC(OCc1ccccc1C(F)(F)F)C2.Cl.FC(F)(F)c1ccccc1COC1CC2CCC(C1)N2. The minimum Gasteiger partial charge on any atom is -0.393 e. The summed E-state index contributed by atoms with van der Waals surface area (Å²) < 4.78 is 89.0. The number of rotatable bonds is 6. The third kappa shape index (κ3) is 10.4. The molecule has 2 aromatic carbocycles. The fraction of sp³-hybridized carbons (Fsp3) is 0.692. The van der Waals surface area contributed by atoms with E-state index in [2.05, 4.69) is 29.2 Å². The molecule has 292 valence electrons. The molecule has 6 fully saturated rings. The fourth-order valence-electron chi connectivity index (χ4n) is 9.28. The van der Waals surface area contributed by atoms with Crippen molar-refractivity contribution in [1.29, 1.82) is 0 Å². The number of halogens is 7. The van der Waals surface area contributed by atoms with Crippen LogP contribution < -0.4 is 5.32 Å². The number of nitrogens with one attached hydrogen (secondary N) is 1. The van der Waals surface area contributed by atoms with E-state index in [1.54, 1.807) is 12.1 Å². The Kier molecular flexibility index (Phi) is 14.0. The Balaban J connectivity index is 0.000000158. The topological polar surface area (TPSA) is 57.2 Å². The van der Waals surface area contributed by atoms with Gasteiger partial charge < -0.3 is 29.7 Å².